The predicted molar refractivity (Wildman–Crippen MR) is 68.2 cm³/mol. The number of aromatic nitrogens is 3. The minimum absolute atomic E-state index is 0.516. The predicted octanol–water partition coefficient (Wildman–Crippen LogP) is 2.49. The summed E-state index contributed by atoms with van der Waals surface area (Å²) in [7, 11) is 1.97. The number of nitrogens with zero attached hydrogens (tertiary/aromatic N) is 3. The highest BCUT2D eigenvalue weighted by atomic mass is 32.1. The van der Waals surface area contributed by atoms with Gasteiger partial charge in [0.2, 0.25) is 5.95 Å². The molecule has 1 fully saturated rings. The van der Waals surface area contributed by atoms with Gasteiger partial charge in [-0.15, -0.1) is 5.10 Å². The van der Waals surface area contributed by atoms with Crippen LogP contribution < -0.4 is 4.90 Å². The molecular formula is C11H20N4S. The zero-order valence-electron chi connectivity index (χ0n) is 10.3. The first-order chi connectivity index (χ1) is 7.56. The van der Waals surface area contributed by atoms with E-state index in [9.17, 15) is 0 Å². The van der Waals surface area contributed by atoms with Crippen molar-refractivity contribution in [3.63, 3.8) is 0 Å². The van der Waals surface area contributed by atoms with Crippen molar-refractivity contribution in [3.05, 3.63) is 4.77 Å². The monoisotopic (exact) mass is 240 g/mol. The second-order valence-corrected chi connectivity index (χ2v) is 5.43. The van der Waals surface area contributed by atoms with Gasteiger partial charge in [0.15, 0.2) is 4.77 Å². The second kappa shape index (κ2) is 4.20. The van der Waals surface area contributed by atoms with E-state index in [1.807, 2.05) is 11.6 Å². The molecule has 1 aromatic heterocycles. The molecule has 2 rings (SSSR count). The summed E-state index contributed by atoms with van der Waals surface area (Å²) in [5, 5.41) is 7.13. The van der Waals surface area contributed by atoms with Gasteiger partial charge in [0.25, 0.3) is 0 Å². The third kappa shape index (κ3) is 2.00. The Morgan fingerprint density at radius 2 is 2.06 bits per heavy atom. The number of H-pyrrole nitrogens is 1. The molecule has 0 aliphatic carbocycles. The molecule has 0 radical (unpaired) electrons. The van der Waals surface area contributed by atoms with E-state index in [1.165, 1.54) is 19.3 Å². The van der Waals surface area contributed by atoms with Crippen molar-refractivity contribution in [2.45, 2.75) is 33.1 Å². The highest BCUT2D eigenvalue weighted by Crippen LogP contribution is 2.34. The van der Waals surface area contributed by atoms with Crippen LogP contribution in [0.4, 0.5) is 5.95 Å². The molecule has 1 aliphatic heterocycles. The molecule has 5 heteroatoms. The molecule has 1 N–H and O–H groups in total. The lowest BCUT2D eigenvalue weighted by atomic mass is 9.78. The molecule has 1 saturated heterocycles. The third-order valence-electron chi connectivity index (χ3n) is 3.96. The molecule has 4 nitrogen and oxygen atoms in total. The first kappa shape index (κ1) is 11.6. The maximum Gasteiger partial charge on any atom is 0.225 e. The SMILES string of the molecule is CCC1(C)CCN(c2n[nH]c(=S)n2C)CC1. The maximum absolute atomic E-state index is 5.13. The van der Waals surface area contributed by atoms with Gasteiger partial charge >= 0.3 is 0 Å². The molecule has 16 heavy (non-hydrogen) atoms. The second-order valence-electron chi connectivity index (χ2n) is 5.04. The van der Waals surface area contributed by atoms with Crippen LogP contribution in [0, 0.1) is 10.2 Å². The summed E-state index contributed by atoms with van der Waals surface area (Å²) in [6, 6.07) is 0. The summed E-state index contributed by atoms with van der Waals surface area (Å²) in [6.45, 7) is 6.83. The van der Waals surface area contributed by atoms with E-state index >= 15 is 0 Å². The topological polar surface area (TPSA) is 36.9 Å². The summed E-state index contributed by atoms with van der Waals surface area (Å²) < 4.78 is 2.64. The molecule has 1 aromatic rings. The van der Waals surface area contributed by atoms with E-state index in [0.29, 0.717) is 10.2 Å². The standard InChI is InChI=1S/C11H20N4S/c1-4-11(2)5-7-15(8-6-11)9-12-13-10(16)14(9)3/h4-8H2,1-3H3,(H,13,16). The van der Waals surface area contributed by atoms with Gasteiger partial charge in [0.05, 0.1) is 0 Å². The van der Waals surface area contributed by atoms with Crippen molar-refractivity contribution in [1.29, 1.82) is 0 Å². The molecule has 0 amide bonds. The summed E-state index contributed by atoms with van der Waals surface area (Å²) in [6.07, 6.45) is 3.74. The van der Waals surface area contributed by atoms with Gasteiger partial charge in [-0.05, 0) is 30.5 Å². The molecule has 0 bridgehead atoms. The molecule has 1 aliphatic rings. The van der Waals surface area contributed by atoms with Crippen molar-refractivity contribution in [2.75, 3.05) is 18.0 Å². The number of hydrogen-bond donors (Lipinski definition) is 1. The minimum atomic E-state index is 0.516. The molecule has 0 spiro atoms. The Balaban J connectivity index is 2.10. The number of hydrogen-bond acceptors (Lipinski definition) is 3. The van der Waals surface area contributed by atoms with Gasteiger partial charge in [-0.3, -0.25) is 4.57 Å². The molecule has 2 heterocycles. The zero-order valence-corrected chi connectivity index (χ0v) is 11.1. The highest BCUT2D eigenvalue weighted by molar-refractivity contribution is 7.71. The normalized spacial score (nSPS) is 20.1. The fourth-order valence-corrected chi connectivity index (χ4v) is 2.35. The Morgan fingerprint density at radius 3 is 2.50 bits per heavy atom. The van der Waals surface area contributed by atoms with Crippen molar-refractivity contribution < 1.29 is 0 Å². The summed E-state index contributed by atoms with van der Waals surface area (Å²) in [5.41, 5.74) is 0.516. The van der Waals surface area contributed by atoms with Gasteiger partial charge in [-0.25, -0.2) is 5.10 Å². The van der Waals surface area contributed by atoms with E-state index in [1.54, 1.807) is 0 Å². The average molecular weight is 240 g/mol. The van der Waals surface area contributed by atoms with E-state index < -0.39 is 0 Å². The first-order valence-corrected chi connectivity index (χ1v) is 6.33. The molecular weight excluding hydrogens is 220 g/mol. The Kier molecular flexibility index (Phi) is 3.06. The van der Waals surface area contributed by atoms with Crippen molar-refractivity contribution >= 4 is 18.2 Å². The molecule has 0 aromatic carbocycles. The number of anilines is 1. The number of aromatic amines is 1. The van der Waals surface area contributed by atoms with E-state index in [2.05, 4.69) is 28.9 Å². The maximum atomic E-state index is 5.13. The van der Waals surface area contributed by atoms with Crippen molar-refractivity contribution in [3.8, 4) is 0 Å². The Morgan fingerprint density at radius 1 is 1.44 bits per heavy atom. The van der Waals surface area contributed by atoms with E-state index in [-0.39, 0.29) is 0 Å². The van der Waals surface area contributed by atoms with Gasteiger partial charge in [-0.2, -0.15) is 0 Å². The summed E-state index contributed by atoms with van der Waals surface area (Å²) in [4.78, 5) is 2.32. The van der Waals surface area contributed by atoms with Crippen LogP contribution in [-0.2, 0) is 7.05 Å². The first-order valence-electron chi connectivity index (χ1n) is 5.92. The van der Waals surface area contributed by atoms with Crippen LogP contribution in [-0.4, -0.2) is 27.9 Å². The third-order valence-corrected chi connectivity index (χ3v) is 4.33. The molecule has 0 atom stereocenters. The molecule has 90 valence electrons. The Bertz CT molecular complexity index is 412. The lowest BCUT2D eigenvalue weighted by Gasteiger charge is -2.39. The smallest absolute Gasteiger partial charge is 0.225 e. The Labute approximate surface area is 102 Å². The molecule has 0 unspecified atom stereocenters. The fourth-order valence-electron chi connectivity index (χ4n) is 2.22. The lowest BCUT2D eigenvalue weighted by Crippen LogP contribution is -2.39. The zero-order chi connectivity index (χ0) is 11.8. The average Bonchev–Trinajstić information content (AvgIpc) is 2.62. The van der Waals surface area contributed by atoms with Crippen LogP contribution in [0.2, 0.25) is 0 Å². The van der Waals surface area contributed by atoms with Gasteiger partial charge in [-0.1, -0.05) is 20.3 Å². The number of nitrogens with one attached hydrogen (secondary N) is 1. The quantitative estimate of drug-likeness (QED) is 0.807. The summed E-state index contributed by atoms with van der Waals surface area (Å²) in [5.74, 6) is 0.975. The number of rotatable bonds is 2. The van der Waals surface area contributed by atoms with Crippen LogP contribution >= 0.6 is 12.2 Å². The van der Waals surface area contributed by atoms with Crippen molar-refractivity contribution in [2.24, 2.45) is 12.5 Å². The van der Waals surface area contributed by atoms with E-state index in [4.69, 9.17) is 12.2 Å². The van der Waals surface area contributed by atoms with Crippen LogP contribution in [0.15, 0.2) is 0 Å². The van der Waals surface area contributed by atoms with Gasteiger partial charge in [0, 0.05) is 20.1 Å². The summed E-state index contributed by atoms with van der Waals surface area (Å²) >= 11 is 5.13. The highest BCUT2D eigenvalue weighted by Gasteiger charge is 2.29. The van der Waals surface area contributed by atoms with Gasteiger partial charge < -0.3 is 4.90 Å². The minimum Gasteiger partial charge on any atom is -0.341 e. The Hall–Kier alpha value is -0.840. The lowest BCUT2D eigenvalue weighted by molar-refractivity contribution is 0.236. The van der Waals surface area contributed by atoms with Crippen LogP contribution in [0.3, 0.4) is 0 Å². The number of piperidine rings is 1. The van der Waals surface area contributed by atoms with Gasteiger partial charge in [0.1, 0.15) is 0 Å². The molecule has 0 saturated carbocycles. The van der Waals surface area contributed by atoms with Crippen LogP contribution in [0.1, 0.15) is 33.1 Å². The van der Waals surface area contributed by atoms with Crippen LogP contribution in [0.25, 0.3) is 0 Å². The largest absolute Gasteiger partial charge is 0.341 e. The fraction of sp³-hybridized carbons (Fsp3) is 0.818. The van der Waals surface area contributed by atoms with Crippen LogP contribution in [0.5, 0.6) is 0 Å². The van der Waals surface area contributed by atoms with E-state index in [0.717, 1.165) is 19.0 Å². The van der Waals surface area contributed by atoms with Crippen molar-refractivity contribution in [1.82, 2.24) is 14.8 Å².